The highest BCUT2D eigenvalue weighted by Gasteiger charge is 2.35. The van der Waals surface area contributed by atoms with E-state index in [4.69, 9.17) is 16.3 Å². The van der Waals surface area contributed by atoms with Gasteiger partial charge in [0.2, 0.25) is 0 Å². The second kappa shape index (κ2) is 6.94. The lowest BCUT2D eigenvalue weighted by Crippen LogP contribution is -2.38. The summed E-state index contributed by atoms with van der Waals surface area (Å²) in [5.74, 6) is -0.676. The van der Waals surface area contributed by atoms with Crippen LogP contribution in [-0.4, -0.2) is 42.8 Å². The van der Waals surface area contributed by atoms with E-state index >= 15 is 0 Å². The Balaban J connectivity index is 1.64. The molecule has 0 saturated carbocycles. The largest absolute Gasteiger partial charge is 0.496 e. The summed E-state index contributed by atoms with van der Waals surface area (Å²) < 4.78 is 5.14. The first-order chi connectivity index (χ1) is 12.0. The monoisotopic (exact) mass is 358 g/mol. The van der Waals surface area contributed by atoms with E-state index in [2.05, 4.69) is 5.32 Å². The van der Waals surface area contributed by atoms with Gasteiger partial charge in [0.15, 0.2) is 0 Å². The molecule has 3 amide bonds. The van der Waals surface area contributed by atoms with E-state index in [1.807, 2.05) is 0 Å². The number of carbonyl (C=O) groups is 3. The van der Waals surface area contributed by atoms with Gasteiger partial charge in [-0.25, -0.2) is 0 Å². The molecule has 0 radical (unpaired) electrons. The van der Waals surface area contributed by atoms with E-state index in [-0.39, 0.29) is 30.5 Å². The van der Waals surface area contributed by atoms with Crippen LogP contribution in [0, 0.1) is 0 Å². The van der Waals surface area contributed by atoms with Crippen molar-refractivity contribution >= 4 is 29.3 Å². The van der Waals surface area contributed by atoms with Crippen molar-refractivity contribution in [1.29, 1.82) is 0 Å². The Morgan fingerprint density at radius 3 is 2.60 bits per heavy atom. The van der Waals surface area contributed by atoms with Crippen molar-refractivity contribution in [2.24, 2.45) is 0 Å². The minimum absolute atomic E-state index is 0.0743. The summed E-state index contributed by atoms with van der Waals surface area (Å²) in [6.07, 6.45) is 0. The van der Waals surface area contributed by atoms with Crippen LogP contribution < -0.4 is 10.1 Å². The van der Waals surface area contributed by atoms with Gasteiger partial charge in [0, 0.05) is 18.1 Å². The fourth-order valence-corrected chi connectivity index (χ4v) is 2.85. The Kier molecular flexibility index (Phi) is 4.72. The SMILES string of the molecule is COc1ccccc1C(=O)NCCN1C(=O)c2ccc(Cl)cc2C1=O. The third-order valence-electron chi connectivity index (χ3n) is 3.91. The smallest absolute Gasteiger partial charge is 0.261 e. The van der Waals surface area contributed by atoms with Crippen molar-refractivity contribution in [1.82, 2.24) is 10.2 Å². The summed E-state index contributed by atoms with van der Waals surface area (Å²) in [4.78, 5) is 37.9. The molecule has 25 heavy (non-hydrogen) atoms. The van der Waals surface area contributed by atoms with Crippen molar-refractivity contribution in [3.05, 3.63) is 64.2 Å². The molecule has 0 unspecified atom stereocenters. The molecule has 0 bridgehead atoms. The van der Waals surface area contributed by atoms with Crippen LogP contribution in [0.25, 0.3) is 0 Å². The average molecular weight is 359 g/mol. The maximum Gasteiger partial charge on any atom is 0.261 e. The van der Waals surface area contributed by atoms with Crippen LogP contribution >= 0.6 is 11.6 Å². The van der Waals surface area contributed by atoms with Gasteiger partial charge in [0.25, 0.3) is 17.7 Å². The zero-order valence-electron chi connectivity index (χ0n) is 13.4. The zero-order valence-corrected chi connectivity index (χ0v) is 14.2. The normalized spacial score (nSPS) is 13.0. The number of amides is 3. The molecule has 1 aliphatic heterocycles. The average Bonchev–Trinajstić information content (AvgIpc) is 2.85. The van der Waals surface area contributed by atoms with Crippen molar-refractivity contribution in [2.45, 2.75) is 0 Å². The third kappa shape index (κ3) is 3.21. The number of rotatable bonds is 5. The molecule has 0 aromatic heterocycles. The van der Waals surface area contributed by atoms with Gasteiger partial charge >= 0.3 is 0 Å². The van der Waals surface area contributed by atoms with Crippen LogP contribution in [-0.2, 0) is 0 Å². The molecular weight excluding hydrogens is 344 g/mol. The van der Waals surface area contributed by atoms with Crippen LogP contribution in [0.5, 0.6) is 5.75 Å². The molecule has 0 aliphatic carbocycles. The molecule has 3 rings (SSSR count). The lowest BCUT2D eigenvalue weighted by Gasteiger charge is -2.14. The Morgan fingerprint density at radius 1 is 1.12 bits per heavy atom. The molecule has 1 N–H and O–H groups in total. The van der Waals surface area contributed by atoms with Gasteiger partial charge in [0.1, 0.15) is 5.75 Å². The number of para-hydroxylation sites is 1. The fraction of sp³-hybridized carbons (Fsp3) is 0.167. The van der Waals surface area contributed by atoms with Gasteiger partial charge < -0.3 is 10.1 Å². The minimum atomic E-state index is -0.408. The molecule has 0 spiro atoms. The van der Waals surface area contributed by atoms with Crippen LogP contribution in [0.3, 0.4) is 0 Å². The van der Waals surface area contributed by atoms with Crippen molar-refractivity contribution in [3.8, 4) is 5.75 Å². The van der Waals surface area contributed by atoms with Gasteiger partial charge in [0.05, 0.1) is 23.8 Å². The molecule has 0 fully saturated rings. The minimum Gasteiger partial charge on any atom is -0.496 e. The number of hydrogen-bond donors (Lipinski definition) is 1. The van der Waals surface area contributed by atoms with E-state index in [1.54, 1.807) is 30.3 Å². The summed E-state index contributed by atoms with van der Waals surface area (Å²) in [7, 11) is 1.48. The lowest BCUT2D eigenvalue weighted by molar-refractivity contribution is 0.0649. The van der Waals surface area contributed by atoms with E-state index in [0.29, 0.717) is 21.9 Å². The third-order valence-corrected chi connectivity index (χ3v) is 4.14. The summed E-state index contributed by atoms with van der Waals surface area (Å²) >= 11 is 5.88. The summed E-state index contributed by atoms with van der Waals surface area (Å²) in [6.45, 7) is 0.209. The van der Waals surface area contributed by atoms with E-state index in [1.165, 1.54) is 19.2 Å². The molecule has 0 atom stereocenters. The maximum atomic E-state index is 12.3. The highest BCUT2D eigenvalue weighted by atomic mass is 35.5. The molecule has 128 valence electrons. The van der Waals surface area contributed by atoms with Crippen LogP contribution in [0.2, 0.25) is 5.02 Å². The summed E-state index contributed by atoms with van der Waals surface area (Å²) in [6, 6.07) is 11.4. The Bertz CT molecular complexity index is 866. The number of halogens is 1. The Labute approximate surface area is 149 Å². The molecule has 0 saturated heterocycles. The molecule has 1 aliphatic rings. The quantitative estimate of drug-likeness (QED) is 0.833. The van der Waals surface area contributed by atoms with Crippen molar-refractivity contribution in [2.75, 3.05) is 20.2 Å². The van der Waals surface area contributed by atoms with Crippen LogP contribution in [0.4, 0.5) is 0 Å². The summed E-state index contributed by atoms with van der Waals surface area (Å²) in [5.41, 5.74) is 0.998. The van der Waals surface area contributed by atoms with Gasteiger partial charge in [-0.2, -0.15) is 0 Å². The first-order valence-electron chi connectivity index (χ1n) is 7.60. The number of hydrogen-bond acceptors (Lipinski definition) is 4. The van der Waals surface area contributed by atoms with Crippen LogP contribution in [0.1, 0.15) is 31.1 Å². The Hall–Kier alpha value is -2.86. The number of ether oxygens (including phenoxy) is 1. The number of benzene rings is 2. The molecule has 2 aromatic rings. The second-order valence-electron chi connectivity index (χ2n) is 5.41. The molecule has 2 aromatic carbocycles. The maximum absolute atomic E-state index is 12.3. The first-order valence-corrected chi connectivity index (χ1v) is 7.97. The lowest BCUT2D eigenvalue weighted by atomic mass is 10.1. The number of nitrogens with zero attached hydrogens (tertiary/aromatic N) is 1. The van der Waals surface area contributed by atoms with E-state index in [0.717, 1.165) is 4.90 Å². The van der Waals surface area contributed by atoms with E-state index in [9.17, 15) is 14.4 Å². The highest BCUT2D eigenvalue weighted by molar-refractivity contribution is 6.32. The predicted octanol–water partition coefficient (Wildman–Crippen LogP) is 2.37. The first kappa shape index (κ1) is 17.0. The van der Waals surface area contributed by atoms with Crippen LogP contribution in [0.15, 0.2) is 42.5 Å². The molecule has 1 heterocycles. The van der Waals surface area contributed by atoms with Gasteiger partial charge in [-0.05, 0) is 30.3 Å². The number of fused-ring (bicyclic) bond motifs is 1. The van der Waals surface area contributed by atoms with Crippen molar-refractivity contribution in [3.63, 3.8) is 0 Å². The molecule has 7 heteroatoms. The number of carbonyl (C=O) groups excluding carboxylic acids is 3. The fourth-order valence-electron chi connectivity index (χ4n) is 2.67. The predicted molar refractivity (Wildman–Crippen MR) is 92.1 cm³/mol. The standard InChI is InChI=1S/C18H15ClN2O4/c1-25-15-5-3-2-4-13(15)16(22)20-8-9-21-17(23)12-7-6-11(19)10-14(12)18(21)24/h2-7,10H,8-9H2,1H3,(H,20,22). The number of nitrogens with one attached hydrogen (secondary N) is 1. The summed E-state index contributed by atoms with van der Waals surface area (Å²) in [5, 5.41) is 3.08. The number of methoxy groups -OCH3 is 1. The highest BCUT2D eigenvalue weighted by Crippen LogP contribution is 2.25. The molecular formula is C18H15ClN2O4. The van der Waals surface area contributed by atoms with Gasteiger partial charge in [-0.3, -0.25) is 19.3 Å². The van der Waals surface area contributed by atoms with Gasteiger partial charge in [-0.1, -0.05) is 23.7 Å². The van der Waals surface area contributed by atoms with Crippen molar-refractivity contribution < 1.29 is 19.1 Å². The number of imide groups is 1. The Morgan fingerprint density at radius 2 is 1.84 bits per heavy atom. The second-order valence-corrected chi connectivity index (χ2v) is 5.84. The molecule has 6 nitrogen and oxygen atoms in total. The van der Waals surface area contributed by atoms with Gasteiger partial charge in [-0.15, -0.1) is 0 Å². The zero-order chi connectivity index (χ0) is 18.0. The topological polar surface area (TPSA) is 75.7 Å². The van der Waals surface area contributed by atoms with E-state index < -0.39 is 5.91 Å².